The second-order valence-electron chi connectivity index (χ2n) is 7.47. The highest BCUT2D eigenvalue weighted by atomic mass is 35.5. The van der Waals surface area contributed by atoms with Crippen LogP contribution < -0.4 is 17.0 Å². The first-order valence-electron chi connectivity index (χ1n) is 9.87. The van der Waals surface area contributed by atoms with Crippen molar-refractivity contribution < 1.29 is 26.6 Å². The van der Waals surface area contributed by atoms with Gasteiger partial charge in [0.2, 0.25) is 0 Å². The molecule has 0 radical (unpaired) electrons. The van der Waals surface area contributed by atoms with Crippen LogP contribution in [0.2, 0.25) is 0 Å². The highest BCUT2D eigenvalue weighted by Crippen LogP contribution is 2.16. The number of benzene rings is 1. The molecule has 0 unspecified atom stereocenters. The van der Waals surface area contributed by atoms with E-state index in [2.05, 4.69) is 12.1 Å². The van der Waals surface area contributed by atoms with Crippen molar-refractivity contribution in [3.05, 3.63) is 65.5 Å². The fraction of sp³-hybridized carbons (Fsp3) is 0.409. The summed E-state index contributed by atoms with van der Waals surface area (Å²) >= 11 is 0. The zero-order valence-electron chi connectivity index (χ0n) is 16.0. The molecule has 2 fully saturated rings. The normalized spacial score (nSPS) is 16.1. The van der Waals surface area contributed by atoms with Gasteiger partial charge in [0.05, 0.1) is 0 Å². The maximum atomic E-state index is 12.9. The number of hydrogen-bond acceptors (Lipinski definition) is 2. The quantitative estimate of drug-likeness (QED) is 0.651. The van der Waals surface area contributed by atoms with E-state index in [-0.39, 0.29) is 24.2 Å². The van der Waals surface area contributed by atoms with Crippen molar-refractivity contribution in [2.45, 2.75) is 32.2 Å². The number of carbonyl (C=O) groups excluding carboxylic acids is 2. The van der Waals surface area contributed by atoms with Gasteiger partial charge in [0.1, 0.15) is 11.1 Å². The van der Waals surface area contributed by atoms with Gasteiger partial charge in [-0.25, -0.2) is 0 Å². The van der Waals surface area contributed by atoms with Crippen molar-refractivity contribution in [1.82, 2.24) is 9.80 Å². The van der Waals surface area contributed by atoms with Gasteiger partial charge in [-0.15, -0.1) is 0 Å². The molecule has 3 heterocycles. The maximum Gasteiger partial charge on any atom is 0.259 e. The summed E-state index contributed by atoms with van der Waals surface area (Å²) in [6.45, 7) is 3.87. The highest BCUT2D eigenvalue weighted by molar-refractivity contribution is 5.99. The van der Waals surface area contributed by atoms with Crippen LogP contribution in [0.15, 0.2) is 48.8 Å². The molecular formula is C22H26ClN3O2. The lowest BCUT2D eigenvalue weighted by atomic mass is 10.1. The van der Waals surface area contributed by atoms with Crippen LogP contribution in [0.4, 0.5) is 0 Å². The fourth-order valence-electron chi connectivity index (χ4n) is 3.96. The molecule has 148 valence electrons. The van der Waals surface area contributed by atoms with Crippen molar-refractivity contribution >= 4 is 11.8 Å². The maximum absolute atomic E-state index is 12.9. The van der Waals surface area contributed by atoms with E-state index in [9.17, 15) is 9.59 Å². The number of rotatable bonds is 4. The minimum Gasteiger partial charge on any atom is -1.00 e. The van der Waals surface area contributed by atoms with Gasteiger partial charge in [0.15, 0.2) is 18.9 Å². The Bertz CT molecular complexity index is 783. The van der Waals surface area contributed by atoms with Gasteiger partial charge in [0, 0.05) is 31.7 Å². The van der Waals surface area contributed by atoms with Gasteiger partial charge in [-0.05, 0) is 31.7 Å². The number of carbonyl (C=O) groups is 2. The molecule has 4 rings (SSSR count). The molecule has 5 nitrogen and oxygen atoms in total. The number of aromatic nitrogens is 1. The summed E-state index contributed by atoms with van der Waals surface area (Å²) in [6.07, 6.45) is 8.00. The highest BCUT2D eigenvalue weighted by Gasteiger charge is 2.26. The summed E-state index contributed by atoms with van der Waals surface area (Å²) < 4.78 is 1.97. The molecule has 2 amide bonds. The molecular weight excluding hydrogens is 374 g/mol. The number of nitrogens with zero attached hydrogens (tertiary/aromatic N) is 3. The number of pyridine rings is 1. The third-order valence-electron chi connectivity index (χ3n) is 5.41. The van der Waals surface area contributed by atoms with E-state index < -0.39 is 0 Å². The summed E-state index contributed by atoms with van der Waals surface area (Å²) in [4.78, 5) is 29.7. The molecule has 2 aliphatic heterocycles. The molecule has 6 heteroatoms. The van der Waals surface area contributed by atoms with Gasteiger partial charge >= 0.3 is 0 Å². The monoisotopic (exact) mass is 399 g/mol. The molecule has 0 atom stereocenters. The minimum absolute atomic E-state index is 0. The molecule has 0 bridgehead atoms. The molecule has 28 heavy (non-hydrogen) atoms. The summed E-state index contributed by atoms with van der Waals surface area (Å²) in [6, 6.07) is 11.9. The lowest BCUT2D eigenvalue weighted by molar-refractivity contribution is -0.688. The second-order valence-corrected chi connectivity index (χ2v) is 7.47. The molecule has 0 spiro atoms. The Morgan fingerprint density at radius 1 is 0.786 bits per heavy atom. The first kappa shape index (κ1) is 20.3. The van der Waals surface area contributed by atoms with Gasteiger partial charge in [-0.3, -0.25) is 9.59 Å². The summed E-state index contributed by atoms with van der Waals surface area (Å²) in [5.41, 5.74) is 2.36. The predicted octanol–water partition coefficient (Wildman–Crippen LogP) is -0.502. The lowest BCUT2D eigenvalue weighted by Gasteiger charge is -2.17. The largest absolute Gasteiger partial charge is 1.00 e. The SMILES string of the molecule is O=C(c1cc(C(=O)N2CCCC2)c[n+](Cc2ccccc2)c1)N1CCCC1.[Cl-]. The molecule has 2 saturated heterocycles. The van der Waals surface area contributed by atoms with Gasteiger partial charge < -0.3 is 22.2 Å². The number of hydrogen-bond donors (Lipinski definition) is 0. The third kappa shape index (κ3) is 4.53. The minimum atomic E-state index is 0. The Kier molecular flexibility index (Phi) is 6.68. The van der Waals surface area contributed by atoms with Crippen molar-refractivity contribution in [2.75, 3.05) is 26.2 Å². The number of halogens is 1. The first-order valence-corrected chi connectivity index (χ1v) is 9.87. The van der Waals surface area contributed by atoms with Crippen molar-refractivity contribution in [3.8, 4) is 0 Å². The van der Waals surface area contributed by atoms with Gasteiger partial charge in [-0.2, -0.15) is 4.57 Å². The van der Waals surface area contributed by atoms with Crippen molar-refractivity contribution in [3.63, 3.8) is 0 Å². The molecule has 2 aliphatic rings. The molecule has 1 aromatic carbocycles. The molecule has 1 aromatic heterocycles. The van der Waals surface area contributed by atoms with Crippen LogP contribution in [0.5, 0.6) is 0 Å². The summed E-state index contributed by atoms with van der Waals surface area (Å²) in [7, 11) is 0. The van der Waals surface area contributed by atoms with E-state index in [0.29, 0.717) is 17.7 Å². The smallest absolute Gasteiger partial charge is 0.259 e. The van der Waals surface area contributed by atoms with Gasteiger partial charge in [-0.1, -0.05) is 30.3 Å². The van der Waals surface area contributed by atoms with E-state index in [0.717, 1.165) is 57.4 Å². The average Bonchev–Trinajstić information content (AvgIpc) is 3.41. The Balaban J connectivity index is 0.00000225. The Morgan fingerprint density at radius 3 is 1.71 bits per heavy atom. The van der Waals surface area contributed by atoms with E-state index in [1.807, 2.05) is 45.0 Å². The van der Waals surface area contributed by atoms with Gasteiger partial charge in [0.25, 0.3) is 11.8 Å². The zero-order chi connectivity index (χ0) is 18.6. The van der Waals surface area contributed by atoms with Crippen LogP contribution in [-0.4, -0.2) is 47.8 Å². The number of amides is 2. The number of likely N-dealkylation sites (tertiary alicyclic amines) is 2. The Morgan fingerprint density at radius 2 is 1.25 bits per heavy atom. The van der Waals surface area contributed by atoms with Crippen LogP contribution in [0, 0.1) is 0 Å². The van der Waals surface area contributed by atoms with E-state index in [4.69, 9.17) is 0 Å². The standard InChI is InChI=1S/C22H26N3O2.ClH/c26-21(24-10-4-5-11-24)19-14-20(22(27)25-12-6-7-13-25)17-23(16-19)15-18-8-2-1-3-9-18;/h1-3,8-9,14,16-17H,4-7,10-13,15H2;1H/q+1;/p-1. The van der Waals surface area contributed by atoms with Crippen LogP contribution in [0.1, 0.15) is 52.0 Å². The van der Waals surface area contributed by atoms with Crippen LogP contribution >= 0.6 is 0 Å². The van der Waals surface area contributed by atoms with Crippen LogP contribution in [0.3, 0.4) is 0 Å². The van der Waals surface area contributed by atoms with E-state index in [1.165, 1.54) is 0 Å². The first-order chi connectivity index (χ1) is 13.2. The summed E-state index contributed by atoms with van der Waals surface area (Å²) in [5, 5.41) is 0. The second kappa shape index (κ2) is 9.20. The molecule has 0 saturated carbocycles. The zero-order valence-corrected chi connectivity index (χ0v) is 16.8. The van der Waals surface area contributed by atoms with E-state index >= 15 is 0 Å². The predicted molar refractivity (Wildman–Crippen MR) is 102 cm³/mol. The van der Waals surface area contributed by atoms with Crippen molar-refractivity contribution in [1.29, 1.82) is 0 Å². The Labute approximate surface area is 172 Å². The Hall–Kier alpha value is -2.40. The summed E-state index contributed by atoms with van der Waals surface area (Å²) in [5.74, 6) is 0.0655. The molecule has 0 N–H and O–H groups in total. The molecule has 0 aliphatic carbocycles. The van der Waals surface area contributed by atoms with Crippen LogP contribution in [-0.2, 0) is 6.54 Å². The lowest BCUT2D eigenvalue weighted by Crippen LogP contribution is -3.00. The fourth-order valence-corrected chi connectivity index (χ4v) is 3.96. The topological polar surface area (TPSA) is 44.5 Å². The van der Waals surface area contributed by atoms with Crippen LogP contribution in [0.25, 0.3) is 0 Å². The molecule has 2 aromatic rings. The third-order valence-corrected chi connectivity index (χ3v) is 5.41. The van der Waals surface area contributed by atoms with E-state index in [1.54, 1.807) is 6.07 Å². The van der Waals surface area contributed by atoms with Crippen molar-refractivity contribution in [2.24, 2.45) is 0 Å². The average molecular weight is 400 g/mol.